The zero-order valence-electron chi connectivity index (χ0n) is 16.3. The maximum atomic E-state index is 11.9. The van der Waals surface area contributed by atoms with E-state index < -0.39 is 6.16 Å². The Morgan fingerprint density at radius 2 is 1.55 bits per heavy atom. The molecule has 1 aliphatic rings. The van der Waals surface area contributed by atoms with Crippen LogP contribution in [0.1, 0.15) is 11.1 Å². The lowest BCUT2D eigenvalue weighted by Crippen LogP contribution is -2.14. The highest BCUT2D eigenvalue weighted by Gasteiger charge is 2.39. The zero-order valence-corrected chi connectivity index (χ0v) is 17.1. The van der Waals surface area contributed by atoms with Crippen LogP contribution in [0.25, 0.3) is 0 Å². The van der Waals surface area contributed by atoms with Crippen molar-refractivity contribution >= 4 is 17.1 Å². The van der Waals surface area contributed by atoms with Crippen molar-refractivity contribution in [3.8, 4) is 17.2 Å². The van der Waals surface area contributed by atoms with Gasteiger partial charge in [0.2, 0.25) is 9.79 Å². The van der Waals surface area contributed by atoms with E-state index >= 15 is 0 Å². The van der Waals surface area contributed by atoms with Gasteiger partial charge in [0.25, 0.3) is 0 Å². The third-order valence-corrected chi connectivity index (χ3v) is 6.79. The summed E-state index contributed by atoms with van der Waals surface area (Å²) in [6.07, 6.45) is 0.777. The monoisotopic (exact) mass is 405 g/mol. The van der Waals surface area contributed by atoms with Gasteiger partial charge in [0.15, 0.2) is 16.4 Å². The molecule has 0 saturated carbocycles. The van der Waals surface area contributed by atoms with Gasteiger partial charge >= 0.3 is 6.16 Å². The lowest BCUT2D eigenvalue weighted by atomic mass is 10.1. The molecule has 0 unspecified atom stereocenters. The Morgan fingerprint density at radius 3 is 2.10 bits per heavy atom. The molecule has 0 spiro atoms. The zero-order chi connectivity index (χ0) is 20.4. The summed E-state index contributed by atoms with van der Waals surface area (Å²) in [6, 6.07) is 20.4. The van der Waals surface area contributed by atoms with Crippen molar-refractivity contribution in [3.63, 3.8) is 0 Å². The van der Waals surface area contributed by atoms with Crippen LogP contribution in [-0.4, -0.2) is 12.8 Å². The number of hydrogen-bond acceptors (Lipinski definition) is 4. The van der Waals surface area contributed by atoms with E-state index in [1.165, 1.54) is 6.08 Å². The van der Waals surface area contributed by atoms with Gasteiger partial charge in [0.05, 0.1) is 0 Å². The van der Waals surface area contributed by atoms with E-state index in [0.29, 0.717) is 5.75 Å². The van der Waals surface area contributed by atoms with Crippen molar-refractivity contribution in [2.24, 2.45) is 0 Å². The van der Waals surface area contributed by atoms with Crippen molar-refractivity contribution in [2.45, 2.75) is 28.5 Å². The molecule has 0 fully saturated rings. The minimum absolute atomic E-state index is 0.117. The average Bonchev–Trinajstić information content (AvgIpc) is 2.72. The Bertz CT molecular complexity index is 1020. The van der Waals surface area contributed by atoms with Gasteiger partial charge < -0.3 is 14.2 Å². The fourth-order valence-electron chi connectivity index (χ4n) is 3.33. The van der Waals surface area contributed by atoms with E-state index in [-0.39, 0.29) is 17.5 Å². The smallest absolute Gasteiger partial charge is 0.447 e. The molecule has 5 heteroatoms. The molecule has 0 aliphatic carbocycles. The number of carbonyl (C=O) groups is 1. The molecule has 3 aromatic carbocycles. The van der Waals surface area contributed by atoms with Crippen LogP contribution in [0.5, 0.6) is 17.2 Å². The Labute approximate surface area is 173 Å². The highest BCUT2D eigenvalue weighted by molar-refractivity contribution is 7.97. The second kappa shape index (κ2) is 8.05. The molecule has 146 valence electrons. The predicted molar refractivity (Wildman–Crippen MR) is 113 cm³/mol. The number of carbonyl (C=O) groups excluding carboxylic acids is 1. The first-order chi connectivity index (χ1) is 14.1. The summed E-state index contributed by atoms with van der Waals surface area (Å²) in [7, 11) is -0.314. The molecule has 4 nitrogen and oxygen atoms in total. The summed E-state index contributed by atoms with van der Waals surface area (Å²) in [5.41, 5.74) is 1.76. The lowest BCUT2D eigenvalue weighted by Gasteiger charge is -2.20. The number of para-hydroxylation sites is 2. The van der Waals surface area contributed by atoms with E-state index in [4.69, 9.17) is 14.2 Å². The van der Waals surface area contributed by atoms with Gasteiger partial charge in [-0.15, -0.1) is 0 Å². The van der Waals surface area contributed by atoms with Gasteiger partial charge in [0.1, 0.15) is 23.3 Å². The van der Waals surface area contributed by atoms with E-state index in [0.717, 1.165) is 37.3 Å². The molecular weight excluding hydrogens is 384 g/mol. The fraction of sp³-hybridized carbons (Fsp3) is 0.125. The van der Waals surface area contributed by atoms with Crippen molar-refractivity contribution in [3.05, 3.63) is 84.4 Å². The van der Waals surface area contributed by atoms with Crippen molar-refractivity contribution < 1.29 is 19.0 Å². The molecule has 29 heavy (non-hydrogen) atoms. The van der Waals surface area contributed by atoms with Crippen LogP contribution in [0, 0.1) is 13.8 Å². The third kappa shape index (κ3) is 3.74. The highest BCUT2D eigenvalue weighted by Crippen LogP contribution is 2.47. The van der Waals surface area contributed by atoms with E-state index in [2.05, 4.69) is 30.8 Å². The van der Waals surface area contributed by atoms with Crippen molar-refractivity contribution in [1.82, 2.24) is 0 Å². The molecule has 0 atom stereocenters. The minimum Gasteiger partial charge on any atom is -0.447 e. The molecule has 0 aromatic heterocycles. The molecule has 0 bridgehead atoms. The van der Waals surface area contributed by atoms with Gasteiger partial charge in [-0.05, 0) is 49.2 Å². The molecule has 3 aromatic rings. The Balaban J connectivity index is 1.76. The first-order valence-electron chi connectivity index (χ1n) is 9.25. The van der Waals surface area contributed by atoms with Crippen LogP contribution >= 0.6 is 0 Å². The van der Waals surface area contributed by atoms with Crippen LogP contribution < -0.4 is 9.47 Å². The van der Waals surface area contributed by atoms with Crippen LogP contribution in [0.15, 0.2) is 88.0 Å². The number of benzene rings is 3. The summed E-state index contributed by atoms with van der Waals surface area (Å²) < 4.78 is 16.5. The normalized spacial score (nSPS) is 12.3. The van der Waals surface area contributed by atoms with Crippen LogP contribution in [0.2, 0.25) is 0 Å². The van der Waals surface area contributed by atoms with Gasteiger partial charge in [-0.3, -0.25) is 0 Å². The van der Waals surface area contributed by atoms with Gasteiger partial charge in [-0.25, -0.2) is 4.79 Å². The second-order valence-electron chi connectivity index (χ2n) is 6.64. The lowest BCUT2D eigenvalue weighted by molar-refractivity contribution is 0.109. The molecule has 0 amide bonds. The quantitative estimate of drug-likeness (QED) is 0.175. The molecule has 1 heterocycles. The van der Waals surface area contributed by atoms with Crippen LogP contribution in [-0.2, 0) is 15.6 Å². The standard InChI is InChI=1S/C24H21O4S/c1-4-13-26-24(25)28-23-16(2)14-18(15-17(23)3)29-21-11-7-5-9-19(21)27-20-10-6-8-12-22(20)29/h4-12,14-15H,1,13H2,2-3H3/q+1. The van der Waals surface area contributed by atoms with E-state index in [1.807, 2.05) is 50.2 Å². The van der Waals surface area contributed by atoms with Crippen LogP contribution in [0.3, 0.4) is 0 Å². The fourth-order valence-corrected chi connectivity index (χ4v) is 5.71. The van der Waals surface area contributed by atoms with E-state index in [9.17, 15) is 4.79 Å². The van der Waals surface area contributed by atoms with Crippen molar-refractivity contribution in [1.29, 1.82) is 0 Å². The maximum Gasteiger partial charge on any atom is 0.514 e. The molecule has 0 N–H and O–H groups in total. The Hall–Kier alpha value is -3.18. The Kier molecular flexibility index (Phi) is 5.32. The number of fused-ring (bicyclic) bond motifs is 2. The topological polar surface area (TPSA) is 44.8 Å². The first-order valence-corrected chi connectivity index (χ1v) is 10.5. The maximum absolute atomic E-state index is 11.9. The summed E-state index contributed by atoms with van der Waals surface area (Å²) in [5.74, 6) is 2.28. The summed E-state index contributed by atoms with van der Waals surface area (Å²) in [5, 5.41) is 0. The minimum atomic E-state index is -0.729. The number of aryl methyl sites for hydroxylation is 2. The molecule has 0 radical (unpaired) electrons. The molecular formula is C24H21O4S+. The molecule has 0 saturated heterocycles. The van der Waals surface area contributed by atoms with Gasteiger partial charge in [-0.1, -0.05) is 36.9 Å². The number of rotatable bonds is 4. The van der Waals surface area contributed by atoms with Crippen LogP contribution in [0.4, 0.5) is 4.79 Å². The summed E-state index contributed by atoms with van der Waals surface area (Å²) in [4.78, 5) is 15.3. The second-order valence-corrected chi connectivity index (χ2v) is 8.60. The van der Waals surface area contributed by atoms with Gasteiger partial charge in [0, 0.05) is 12.1 Å². The Morgan fingerprint density at radius 1 is 1.00 bits per heavy atom. The SMILES string of the molecule is C=CCOC(=O)Oc1c(C)cc([S+]2c3ccccc3Oc3ccccc32)cc1C. The summed E-state index contributed by atoms with van der Waals surface area (Å²) >= 11 is 0. The first kappa shape index (κ1) is 19.2. The summed E-state index contributed by atoms with van der Waals surface area (Å²) in [6.45, 7) is 7.53. The molecule has 1 aliphatic heterocycles. The number of ether oxygens (including phenoxy) is 3. The largest absolute Gasteiger partial charge is 0.514 e. The third-order valence-electron chi connectivity index (χ3n) is 4.53. The molecule has 4 rings (SSSR count). The number of hydrogen-bond donors (Lipinski definition) is 0. The van der Waals surface area contributed by atoms with Crippen molar-refractivity contribution in [2.75, 3.05) is 6.61 Å². The highest BCUT2D eigenvalue weighted by atomic mass is 32.2. The predicted octanol–water partition coefficient (Wildman–Crippen LogP) is 6.21. The van der Waals surface area contributed by atoms with Gasteiger partial charge in [-0.2, -0.15) is 0 Å². The average molecular weight is 405 g/mol. The van der Waals surface area contributed by atoms with E-state index in [1.54, 1.807) is 0 Å².